The molecule has 0 saturated heterocycles. The van der Waals surface area contributed by atoms with E-state index in [4.69, 9.17) is 18.9 Å². The number of benzene rings is 3. The summed E-state index contributed by atoms with van der Waals surface area (Å²) in [5.41, 5.74) is 3.48. The molecular formula is C28H29N3O7. The summed E-state index contributed by atoms with van der Waals surface area (Å²) in [6.07, 6.45) is 0.361. The van der Waals surface area contributed by atoms with Crippen LogP contribution in [0.5, 0.6) is 5.75 Å². The molecule has 0 aromatic heterocycles. The van der Waals surface area contributed by atoms with E-state index >= 15 is 0 Å². The molecule has 1 aliphatic heterocycles. The molecule has 3 aromatic rings. The third-order valence-corrected chi connectivity index (χ3v) is 6.06. The van der Waals surface area contributed by atoms with Crippen molar-refractivity contribution in [2.24, 2.45) is 0 Å². The summed E-state index contributed by atoms with van der Waals surface area (Å²) < 4.78 is 21.0. The van der Waals surface area contributed by atoms with Gasteiger partial charge in [-0.3, -0.25) is 0 Å². The molecular weight excluding hydrogens is 490 g/mol. The zero-order valence-electron chi connectivity index (χ0n) is 21.4. The summed E-state index contributed by atoms with van der Waals surface area (Å²) >= 11 is 0. The van der Waals surface area contributed by atoms with Crippen LogP contribution in [-0.4, -0.2) is 52.2 Å². The number of carbonyl (C=O) groups is 3. The number of esters is 2. The molecule has 1 heterocycles. The number of methoxy groups -OCH3 is 3. The van der Waals surface area contributed by atoms with Crippen LogP contribution in [0.1, 0.15) is 31.8 Å². The average Bonchev–Trinajstić information content (AvgIpc) is 3.31. The summed E-state index contributed by atoms with van der Waals surface area (Å²) in [5.74, 6) is -0.546. The molecule has 4 rings (SSSR count). The largest absolute Gasteiger partial charge is 0.497 e. The SMILES string of the molecule is COC(=O)c1cc(NC(=O)NCN2c3ccccc3CC2OCc2cccc(OC)c2)cc(C(=O)OC)c1. The van der Waals surface area contributed by atoms with E-state index in [0.717, 1.165) is 22.6 Å². The number of amides is 2. The van der Waals surface area contributed by atoms with Gasteiger partial charge >= 0.3 is 18.0 Å². The number of hydrogen-bond donors (Lipinski definition) is 2. The summed E-state index contributed by atoms with van der Waals surface area (Å²) in [6.45, 7) is 0.529. The Morgan fingerprint density at radius 1 is 0.895 bits per heavy atom. The van der Waals surface area contributed by atoms with Crippen molar-refractivity contribution >= 4 is 29.3 Å². The minimum atomic E-state index is -0.649. The Labute approximate surface area is 220 Å². The molecule has 2 N–H and O–H groups in total. The molecule has 0 spiro atoms. The highest BCUT2D eigenvalue weighted by molar-refractivity contribution is 5.99. The van der Waals surface area contributed by atoms with E-state index in [0.29, 0.717) is 13.0 Å². The highest BCUT2D eigenvalue weighted by Crippen LogP contribution is 2.32. The molecule has 0 aliphatic carbocycles. The number of urea groups is 1. The topological polar surface area (TPSA) is 115 Å². The molecule has 38 heavy (non-hydrogen) atoms. The van der Waals surface area contributed by atoms with Gasteiger partial charge in [0.2, 0.25) is 0 Å². The minimum absolute atomic E-state index is 0.102. The van der Waals surface area contributed by atoms with Crippen molar-refractivity contribution in [2.75, 3.05) is 38.2 Å². The normalized spacial score (nSPS) is 13.9. The second-order valence-corrected chi connectivity index (χ2v) is 8.49. The van der Waals surface area contributed by atoms with Crippen LogP contribution in [0, 0.1) is 0 Å². The van der Waals surface area contributed by atoms with E-state index in [1.807, 2.05) is 53.4 Å². The van der Waals surface area contributed by atoms with Crippen molar-refractivity contribution < 1.29 is 33.3 Å². The smallest absolute Gasteiger partial charge is 0.337 e. The van der Waals surface area contributed by atoms with Crippen LogP contribution in [0.25, 0.3) is 0 Å². The van der Waals surface area contributed by atoms with E-state index < -0.39 is 18.0 Å². The van der Waals surface area contributed by atoms with Crippen molar-refractivity contribution in [3.05, 3.63) is 89.0 Å². The first-order valence-corrected chi connectivity index (χ1v) is 11.9. The van der Waals surface area contributed by atoms with Gasteiger partial charge in [0.15, 0.2) is 0 Å². The highest BCUT2D eigenvalue weighted by atomic mass is 16.5. The quantitative estimate of drug-likeness (QED) is 0.409. The fourth-order valence-corrected chi connectivity index (χ4v) is 4.21. The highest BCUT2D eigenvalue weighted by Gasteiger charge is 2.30. The van der Waals surface area contributed by atoms with Gasteiger partial charge in [-0.15, -0.1) is 0 Å². The van der Waals surface area contributed by atoms with Crippen LogP contribution >= 0.6 is 0 Å². The van der Waals surface area contributed by atoms with Gasteiger partial charge in [-0.25, -0.2) is 14.4 Å². The van der Waals surface area contributed by atoms with Crippen molar-refractivity contribution in [3.8, 4) is 5.75 Å². The second kappa shape index (κ2) is 12.1. The van der Waals surface area contributed by atoms with E-state index in [9.17, 15) is 14.4 Å². The summed E-state index contributed by atoms with van der Waals surface area (Å²) in [4.78, 5) is 38.8. The maximum Gasteiger partial charge on any atom is 0.337 e. The molecule has 1 aliphatic rings. The molecule has 0 bridgehead atoms. The first kappa shape index (κ1) is 26.5. The summed E-state index contributed by atoms with van der Waals surface area (Å²) in [6, 6.07) is 19.2. The molecule has 10 heteroatoms. The van der Waals surface area contributed by atoms with E-state index in [1.165, 1.54) is 32.4 Å². The Bertz CT molecular complexity index is 1290. The number of nitrogens with zero attached hydrogens (tertiary/aromatic N) is 1. The number of rotatable bonds is 9. The number of hydrogen-bond acceptors (Lipinski definition) is 8. The molecule has 3 aromatic carbocycles. The minimum Gasteiger partial charge on any atom is -0.497 e. The number of anilines is 2. The van der Waals surface area contributed by atoms with Crippen molar-refractivity contribution in [1.82, 2.24) is 5.32 Å². The standard InChI is InChI=1S/C28H29N3O7/c1-35-23-9-6-7-18(11-23)16-38-25-15-19-8-4-5-10-24(19)31(25)17-29-28(34)30-22-13-20(26(32)36-2)12-21(14-22)27(33)37-3/h4-14,25H,15-17H2,1-3H3,(H2,29,30,34). The number of fused-ring (bicyclic) bond motifs is 1. The van der Waals surface area contributed by atoms with Gasteiger partial charge in [-0.05, 0) is 47.5 Å². The van der Waals surface area contributed by atoms with Crippen molar-refractivity contribution in [2.45, 2.75) is 19.3 Å². The first-order valence-electron chi connectivity index (χ1n) is 11.9. The molecule has 2 amide bonds. The molecule has 0 saturated carbocycles. The van der Waals surface area contributed by atoms with Gasteiger partial charge < -0.3 is 34.5 Å². The Hall–Kier alpha value is -4.57. The van der Waals surface area contributed by atoms with Gasteiger partial charge in [-0.1, -0.05) is 30.3 Å². The summed E-state index contributed by atoms with van der Waals surface area (Å²) in [7, 11) is 4.08. The Balaban J connectivity index is 1.44. The molecule has 10 nitrogen and oxygen atoms in total. The third kappa shape index (κ3) is 6.22. The number of nitrogens with one attached hydrogen (secondary N) is 2. The molecule has 0 fully saturated rings. The van der Waals surface area contributed by atoms with Gasteiger partial charge in [0.05, 0.1) is 45.7 Å². The fourth-order valence-electron chi connectivity index (χ4n) is 4.21. The predicted molar refractivity (Wildman–Crippen MR) is 140 cm³/mol. The lowest BCUT2D eigenvalue weighted by atomic mass is 10.1. The van der Waals surface area contributed by atoms with Gasteiger partial charge in [0.1, 0.15) is 12.0 Å². The van der Waals surface area contributed by atoms with Gasteiger partial charge in [0, 0.05) is 17.8 Å². The lowest BCUT2D eigenvalue weighted by Gasteiger charge is -2.28. The van der Waals surface area contributed by atoms with Crippen LogP contribution in [0.3, 0.4) is 0 Å². The third-order valence-electron chi connectivity index (χ3n) is 6.06. The molecule has 1 unspecified atom stereocenters. The molecule has 1 atom stereocenters. The lowest BCUT2D eigenvalue weighted by Crippen LogP contribution is -2.44. The van der Waals surface area contributed by atoms with Gasteiger partial charge in [-0.2, -0.15) is 0 Å². The van der Waals surface area contributed by atoms with Crippen LogP contribution in [0.4, 0.5) is 16.2 Å². The Morgan fingerprint density at radius 3 is 2.29 bits per heavy atom. The molecule has 198 valence electrons. The average molecular weight is 520 g/mol. The molecule has 0 radical (unpaired) electrons. The number of para-hydroxylation sites is 1. The van der Waals surface area contributed by atoms with E-state index in [2.05, 4.69) is 10.6 Å². The zero-order valence-corrected chi connectivity index (χ0v) is 21.4. The van der Waals surface area contributed by atoms with Crippen LogP contribution < -0.4 is 20.3 Å². The first-order chi connectivity index (χ1) is 18.4. The Kier molecular flexibility index (Phi) is 8.44. The van der Waals surface area contributed by atoms with Crippen LogP contribution in [0.15, 0.2) is 66.7 Å². The second-order valence-electron chi connectivity index (χ2n) is 8.49. The van der Waals surface area contributed by atoms with Crippen molar-refractivity contribution in [1.29, 1.82) is 0 Å². The summed E-state index contributed by atoms with van der Waals surface area (Å²) in [5, 5.41) is 5.50. The fraction of sp³-hybridized carbons (Fsp3) is 0.250. The number of ether oxygens (including phenoxy) is 4. The predicted octanol–water partition coefficient (Wildman–Crippen LogP) is 3.95. The van der Waals surface area contributed by atoms with Crippen LogP contribution in [-0.2, 0) is 27.2 Å². The maximum atomic E-state index is 12.8. The lowest BCUT2D eigenvalue weighted by molar-refractivity contribution is 0.0437. The van der Waals surface area contributed by atoms with Gasteiger partial charge in [0.25, 0.3) is 0 Å². The van der Waals surface area contributed by atoms with Crippen molar-refractivity contribution in [3.63, 3.8) is 0 Å². The Morgan fingerprint density at radius 2 is 1.61 bits per heavy atom. The van der Waals surface area contributed by atoms with E-state index in [1.54, 1.807) is 7.11 Å². The zero-order chi connectivity index (χ0) is 27.1. The maximum absolute atomic E-state index is 12.8. The number of carbonyl (C=O) groups excluding carboxylic acids is 3. The van der Waals surface area contributed by atoms with E-state index in [-0.39, 0.29) is 29.7 Å². The monoisotopic (exact) mass is 519 g/mol. The van der Waals surface area contributed by atoms with Crippen LogP contribution in [0.2, 0.25) is 0 Å².